The van der Waals surface area contributed by atoms with Crippen molar-refractivity contribution in [2.75, 3.05) is 5.84 Å². The number of nitrogens with zero attached hydrogens (tertiary/aromatic N) is 3. The van der Waals surface area contributed by atoms with Gasteiger partial charge in [0.15, 0.2) is 0 Å². The van der Waals surface area contributed by atoms with E-state index < -0.39 is 0 Å². The van der Waals surface area contributed by atoms with Crippen LogP contribution in [-0.2, 0) is 0 Å². The highest BCUT2D eigenvalue weighted by Gasteiger charge is 1.82. The number of hydrogen-bond donors (Lipinski definition) is 1. The summed E-state index contributed by atoms with van der Waals surface area (Å²) >= 11 is 0. The summed E-state index contributed by atoms with van der Waals surface area (Å²) in [5.41, 5.74) is -0.361. The molecule has 42 valence electrons. The Morgan fingerprint density at radius 1 is 1.62 bits per heavy atom. The predicted octanol–water partition coefficient (Wildman–Crippen LogP) is -1.65. The molecule has 0 atom stereocenters. The number of hydrogen-bond acceptors (Lipinski definition) is 4. The summed E-state index contributed by atoms with van der Waals surface area (Å²) in [5.74, 6) is 5.02. The lowest BCUT2D eigenvalue weighted by Crippen LogP contribution is -2.26. The first kappa shape index (κ1) is 4.76. The minimum atomic E-state index is -0.361. The largest absolute Gasteiger partial charge is 0.335 e. The smallest absolute Gasteiger partial charge is 0.290 e. The molecule has 2 N–H and O–H groups in total. The molecule has 0 saturated carbocycles. The van der Waals surface area contributed by atoms with Crippen LogP contribution in [0.25, 0.3) is 0 Å². The van der Waals surface area contributed by atoms with Gasteiger partial charge < -0.3 is 5.84 Å². The average molecular weight is 112 g/mol. The first-order chi connectivity index (χ1) is 3.80. The first-order valence-corrected chi connectivity index (χ1v) is 1.95. The molecule has 0 radical (unpaired) electrons. The third-order valence-corrected chi connectivity index (χ3v) is 0.665. The molecule has 1 aromatic heterocycles. The molecule has 0 aliphatic carbocycles. The van der Waals surface area contributed by atoms with E-state index in [1.165, 1.54) is 0 Å². The molecule has 0 amide bonds. The van der Waals surface area contributed by atoms with Gasteiger partial charge in [-0.1, -0.05) is 0 Å². The van der Waals surface area contributed by atoms with Crippen molar-refractivity contribution in [3.05, 3.63) is 22.9 Å². The fourth-order valence-corrected chi connectivity index (χ4v) is 0.292. The van der Waals surface area contributed by atoms with E-state index in [1.54, 1.807) is 0 Å². The SMILES string of the molecule is Nn1cnncc1=O. The van der Waals surface area contributed by atoms with E-state index in [2.05, 4.69) is 10.2 Å². The number of nitrogens with two attached hydrogens (primary N) is 1. The van der Waals surface area contributed by atoms with Gasteiger partial charge in [0.1, 0.15) is 12.5 Å². The van der Waals surface area contributed by atoms with E-state index in [4.69, 9.17) is 5.84 Å². The average Bonchev–Trinajstić information content (AvgIpc) is 1.77. The highest BCUT2D eigenvalue weighted by atomic mass is 16.1. The van der Waals surface area contributed by atoms with Crippen LogP contribution >= 0.6 is 0 Å². The zero-order valence-corrected chi connectivity index (χ0v) is 3.98. The van der Waals surface area contributed by atoms with E-state index in [0.717, 1.165) is 17.2 Å². The van der Waals surface area contributed by atoms with Gasteiger partial charge in [-0.2, -0.15) is 5.10 Å². The molecule has 0 unspecified atom stereocenters. The van der Waals surface area contributed by atoms with Crippen molar-refractivity contribution in [2.24, 2.45) is 0 Å². The van der Waals surface area contributed by atoms with Crippen LogP contribution in [0, 0.1) is 0 Å². The summed E-state index contributed by atoms with van der Waals surface area (Å²) in [6, 6.07) is 0. The minimum Gasteiger partial charge on any atom is -0.335 e. The van der Waals surface area contributed by atoms with Crippen molar-refractivity contribution in [3.8, 4) is 0 Å². The second-order valence-corrected chi connectivity index (χ2v) is 1.22. The quantitative estimate of drug-likeness (QED) is 0.408. The van der Waals surface area contributed by atoms with Crippen LogP contribution in [0.15, 0.2) is 17.3 Å². The fraction of sp³-hybridized carbons (Fsp3) is 0. The topological polar surface area (TPSA) is 73.8 Å². The summed E-state index contributed by atoms with van der Waals surface area (Å²) < 4.78 is 0.854. The molecule has 0 aromatic carbocycles. The van der Waals surface area contributed by atoms with Gasteiger partial charge in [-0.25, -0.2) is 4.68 Å². The Bertz CT molecular complexity index is 229. The molecular weight excluding hydrogens is 108 g/mol. The fourth-order valence-electron chi connectivity index (χ4n) is 0.292. The number of rotatable bonds is 0. The zero-order chi connectivity index (χ0) is 5.98. The minimum absolute atomic E-state index is 0.361. The molecule has 0 fully saturated rings. The van der Waals surface area contributed by atoms with Gasteiger partial charge in [0.2, 0.25) is 0 Å². The molecule has 0 aliphatic rings. The van der Waals surface area contributed by atoms with Crippen LogP contribution in [0.4, 0.5) is 0 Å². The second kappa shape index (κ2) is 1.61. The van der Waals surface area contributed by atoms with E-state index in [1.807, 2.05) is 0 Å². The molecule has 0 spiro atoms. The standard InChI is InChI=1S/C3H4N4O/c4-7-2-6-5-1-3(7)8/h1-2H,4H2. The molecule has 1 heterocycles. The van der Waals surface area contributed by atoms with Crippen LogP contribution < -0.4 is 11.4 Å². The van der Waals surface area contributed by atoms with E-state index in [9.17, 15) is 4.79 Å². The molecule has 0 aliphatic heterocycles. The van der Waals surface area contributed by atoms with Gasteiger partial charge in [0, 0.05) is 0 Å². The summed E-state index contributed by atoms with van der Waals surface area (Å²) in [6.45, 7) is 0. The van der Waals surface area contributed by atoms with Crippen LogP contribution in [0.3, 0.4) is 0 Å². The molecule has 5 heteroatoms. The Hall–Kier alpha value is -1.39. The zero-order valence-electron chi connectivity index (χ0n) is 3.98. The molecule has 0 bridgehead atoms. The third-order valence-electron chi connectivity index (χ3n) is 0.665. The third kappa shape index (κ3) is 0.651. The van der Waals surface area contributed by atoms with Crippen molar-refractivity contribution >= 4 is 0 Å². The number of aromatic nitrogens is 3. The summed E-state index contributed by atoms with van der Waals surface area (Å²) in [4.78, 5) is 10.4. The van der Waals surface area contributed by atoms with Gasteiger partial charge in [0.05, 0.1) is 0 Å². The van der Waals surface area contributed by atoms with E-state index in [0.29, 0.717) is 0 Å². The van der Waals surface area contributed by atoms with Crippen LogP contribution in [0.2, 0.25) is 0 Å². The maximum atomic E-state index is 10.4. The molecule has 5 nitrogen and oxygen atoms in total. The highest BCUT2D eigenvalue weighted by molar-refractivity contribution is 4.70. The maximum absolute atomic E-state index is 10.4. The normalized spacial score (nSPS) is 9.00. The molecule has 0 saturated heterocycles. The summed E-state index contributed by atoms with van der Waals surface area (Å²) in [6.07, 6.45) is 2.18. The summed E-state index contributed by atoms with van der Waals surface area (Å²) in [5, 5.41) is 6.61. The Kier molecular flexibility index (Phi) is 0.957. The van der Waals surface area contributed by atoms with Gasteiger partial charge in [-0.05, 0) is 0 Å². The first-order valence-electron chi connectivity index (χ1n) is 1.95. The van der Waals surface area contributed by atoms with E-state index in [-0.39, 0.29) is 5.56 Å². The monoisotopic (exact) mass is 112 g/mol. The van der Waals surface area contributed by atoms with Crippen molar-refractivity contribution in [1.29, 1.82) is 0 Å². The molecular formula is C3H4N4O. The van der Waals surface area contributed by atoms with Gasteiger partial charge in [-0.3, -0.25) is 4.79 Å². The lowest BCUT2D eigenvalue weighted by molar-refractivity contribution is 0.820. The second-order valence-electron chi connectivity index (χ2n) is 1.22. The molecule has 1 aromatic rings. The van der Waals surface area contributed by atoms with Crippen LogP contribution in [0.1, 0.15) is 0 Å². The lowest BCUT2D eigenvalue weighted by atomic mass is 10.9. The van der Waals surface area contributed by atoms with Gasteiger partial charge >= 0.3 is 0 Å². The van der Waals surface area contributed by atoms with Crippen LogP contribution in [-0.4, -0.2) is 14.9 Å². The van der Waals surface area contributed by atoms with Crippen molar-refractivity contribution in [1.82, 2.24) is 14.9 Å². The Morgan fingerprint density at radius 2 is 2.38 bits per heavy atom. The Balaban J connectivity index is 3.35. The van der Waals surface area contributed by atoms with Gasteiger partial charge in [-0.15, -0.1) is 5.10 Å². The van der Waals surface area contributed by atoms with Crippen molar-refractivity contribution in [3.63, 3.8) is 0 Å². The highest BCUT2D eigenvalue weighted by Crippen LogP contribution is 1.55. The van der Waals surface area contributed by atoms with Crippen LogP contribution in [0.5, 0.6) is 0 Å². The predicted molar refractivity (Wildman–Crippen MR) is 26.4 cm³/mol. The van der Waals surface area contributed by atoms with Gasteiger partial charge in [0.25, 0.3) is 5.56 Å². The maximum Gasteiger partial charge on any atom is 0.290 e. The lowest BCUT2D eigenvalue weighted by Gasteiger charge is -1.87. The summed E-state index contributed by atoms with van der Waals surface area (Å²) in [7, 11) is 0. The number of nitrogen functional groups attached to an aromatic ring is 1. The Labute approximate surface area is 44.7 Å². The van der Waals surface area contributed by atoms with Crippen molar-refractivity contribution < 1.29 is 0 Å². The molecule has 8 heavy (non-hydrogen) atoms. The Morgan fingerprint density at radius 3 is 2.75 bits per heavy atom. The van der Waals surface area contributed by atoms with E-state index >= 15 is 0 Å². The van der Waals surface area contributed by atoms with Crippen molar-refractivity contribution in [2.45, 2.75) is 0 Å². The molecule has 1 rings (SSSR count).